The lowest BCUT2D eigenvalue weighted by molar-refractivity contribution is -0.116. The van der Waals surface area contributed by atoms with E-state index in [-0.39, 0.29) is 17.5 Å². The van der Waals surface area contributed by atoms with Crippen molar-refractivity contribution in [2.24, 2.45) is 0 Å². The van der Waals surface area contributed by atoms with E-state index < -0.39 is 0 Å². The molecule has 0 atom stereocenters. The van der Waals surface area contributed by atoms with Crippen LogP contribution < -0.4 is 10.7 Å². The van der Waals surface area contributed by atoms with Crippen LogP contribution in [0, 0.1) is 5.82 Å². The summed E-state index contributed by atoms with van der Waals surface area (Å²) in [6.07, 6.45) is 0.864. The maximum atomic E-state index is 13.4. The van der Waals surface area contributed by atoms with Crippen LogP contribution in [0.1, 0.15) is 5.56 Å². The third-order valence-electron chi connectivity index (χ3n) is 4.26. The van der Waals surface area contributed by atoms with Crippen LogP contribution in [0.4, 0.5) is 10.1 Å². The second kappa shape index (κ2) is 6.80. The van der Waals surface area contributed by atoms with Gasteiger partial charge in [-0.2, -0.15) is 0 Å². The Morgan fingerprint density at radius 2 is 2.04 bits per heavy atom. The summed E-state index contributed by atoms with van der Waals surface area (Å²) in [7, 11) is 0. The number of halogens is 1. The molecule has 0 radical (unpaired) electrons. The van der Waals surface area contributed by atoms with Gasteiger partial charge in [0.05, 0.1) is 5.75 Å². The largest absolute Gasteiger partial charge is 0.335 e. The Kier molecular flexibility index (Phi) is 4.34. The molecular weight excluding hydrogens is 353 g/mol. The smallest absolute Gasteiger partial charge is 0.237 e. The van der Waals surface area contributed by atoms with Crippen molar-refractivity contribution in [2.75, 3.05) is 23.0 Å². The van der Waals surface area contributed by atoms with Crippen molar-refractivity contribution in [3.8, 4) is 11.4 Å². The minimum atomic E-state index is -0.373. The maximum absolute atomic E-state index is 13.4. The highest BCUT2D eigenvalue weighted by Crippen LogP contribution is 2.29. The molecule has 2 aromatic carbocycles. The van der Waals surface area contributed by atoms with Crippen molar-refractivity contribution in [2.45, 2.75) is 11.6 Å². The van der Waals surface area contributed by atoms with Crippen molar-refractivity contribution in [3.63, 3.8) is 0 Å². The maximum Gasteiger partial charge on any atom is 0.237 e. The third kappa shape index (κ3) is 3.03. The molecule has 0 spiro atoms. The SMILES string of the molecule is Nn1c(SCC(=O)N2CCc3ccccc32)nnc1-c1cccc(F)c1. The molecule has 26 heavy (non-hydrogen) atoms. The number of fused-ring (bicyclic) bond motifs is 1. The molecule has 2 N–H and O–H groups in total. The molecule has 4 rings (SSSR count). The number of nitrogen functional groups attached to an aromatic ring is 1. The van der Waals surface area contributed by atoms with Gasteiger partial charge in [-0.1, -0.05) is 42.1 Å². The minimum absolute atomic E-state index is 0.00439. The number of benzene rings is 2. The number of anilines is 1. The van der Waals surface area contributed by atoms with Gasteiger partial charge in [0.25, 0.3) is 0 Å². The Labute approximate surface area is 153 Å². The summed E-state index contributed by atoms with van der Waals surface area (Å²) in [5, 5.41) is 8.44. The highest BCUT2D eigenvalue weighted by molar-refractivity contribution is 7.99. The summed E-state index contributed by atoms with van der Waals surface area (Å²) in [6, 6.07) is 13.9. The highest BCUT2D eigenvalue weighted by Gasteiger charge is 2.24. The first kappa shape index (κ1) is 16.6. The molecule has 3 aromatic rings. The van der Waals surface area contributed by atoms with E-state index in [4.69, 9.17) is 5.84 Å². The summed E-state index contributed by atoms with van der Waals surface area (Å²) in [5.74, 6) is 6.20. The molecule has 0 fully saturated rings. The van der Waals surface area contributed by atoms with E-state index in [9.17, 15) is 9.18 Å². The topological polar surface area (TPSA) is 77.0 Å². The predicted molar refractivity (Wildman–Crippen MR) is 98.8 cm³/mol. The van der Waals surface area contributed by atoms with Crippen LogP contribution in [0.15, 0.2) is 53.7 Å². The van der Waals surface area contributed by atoms with Crippen LogP contribution in [-0.4, -0.2) is 33.1 Å². The molecule has 6 nitrogen and oxygen atoms in total. The fraction of sp³-hybridized carbons (Fsp3) is 0.167. The van der Waals surface area contributed by atoms with Crippen molar-refractivity contribution in [3.05, 3.63) is 59.9 Å². The first-order chi connectivity index (χ1) is 12.6. The van der Waals surface area contributed by atoms with Gasteiger partial charge in [0.2, 0.25) is 11.1 Å². The number of amides is 1. The average molecular weight is 369 g/mol. The summed E-state index contributed by atoms with van der Waals surface area (Å²) in [5.41, 5.74) is 2.68. The number of hydrogen-bond donors (Lipinski definition) is 1. The first-order valence-corrected chi connectivity index (χ1v) is 9.09. The molecule has 0 saturated heterocycles. The number of para-hydroxylation sites is 1. The van der Waals surface area contributed by atoms with E-state index in [1.165, 1.54) is 34.1 Å². The molecule has 1 amide bonds. The molecular formula is C18H16FN5OS. The molecule has 1 aliphatic heterocycles. The van der Waals surface area contributed by atoms with Crippen molar-refractivity contribution in [1.82, 2.24) is 14.9 Å². The predicted octanol–water partition coefficient (Wildman–Crippen LogP) is 2.48. The second-order valence-electron chi connectivity index (χ2n) is 5.90. The number of carbonyl (C=O) groups is 1. The van der Waals surface area contributed by atoms with Gasteiger partial charge in [-0.15, -0.1) is 10.2 Å². The standard InChI is InChI=1S/C18H16FN5OS/c19-14-6-3-5-13(10-14)17-21-22-18(24(17)20)26-11-16(25)23-9-8-12-4-1-2-7-15(12)23/h1-7,10H,8-9,11,20H2. The van der Waals surface area contributed by atoms with Crippen molar-refractivity contribution < 1.29 is 9.18 Å². The molecule has 8 heteroatoms. The Morgan fingerprint density at radius 1 is 1.19 bits per heavy atom. The Hall–Kier alpha value is -2.87. The Morgan fingerprint density at radius 3 is 2.88 bits per heavy atom. The molecule has 0 bridgehead atoms. The fourth-order valence-electron chi connectivity index (χ4n) is 3.00. The number of hydrogen-bond acceptors (Lipinski definition) is 5. The van der Waals surface area contributed by atoms with E-state index in [1.54, 1.807) is 17.0 Å². The zero-order valence-electron chi connectivity index (χ0n) is 13.8. The van der Waals surface area contributed by atoms with E-state index in [0.29, 0.717) is 23.1 Å². The van der Waals surface area contributed by atoms with E-state index in [0.717, 1.165) is 12.1 Å². The molecule has 0 saturated carbocycles. The van der Waals surface area contributed by atoms with E-state index in [2.05, 4.69) is 10.2 Å². The van der Waals surface area contributed by atoms with Gasteiger partial charge in [0.15, 0.2) is 5.82 Å². The van der Waals surface area contributed by atoms with Crippen molar-refractivity contribution in [1.29, 1.82) is 0 Å². The molecule has 132 valence electrons. The van der Waals surface area contributed by atoms with Gasteiger partial charge < -0.3 is 10.7 Å². The zero-order valence-corrected chi connectivity index (χ0v) is 14.6. The summed E-state index contributed by atoms with van der Waals surface area (Å²) in [4.78, 5) is 14.4. The van der Waals surface area contributed by atoms with E-state index >= 15 is 0 Å². The third-order valence-corrected chi connectivity index (χ3v) is 5.19. The minimum Gasteiger partial charge on any atom is -0.335 e. The average Bonchev–Trinajstić information content (AvgIpc) is 3.23. The molecule has 1 aliphatic rings. The fourth-order valence-corrected chi connectivity index (χ4v) is 3.73. The lowest BCUT2D eigenvalue weighted by Gasteiger charge is -2.16. The van der Waals surface area contributed by atoms with Gasteiger partial charge in [0, 0.05) is 17.8 Å². The quantitative estimate of drug-likeness (QED) is 0.565. The summed E-state index contributed by atoms with van der Waals surface area (Å²) < 4.78 is 14.7. The van der Waals surface area contributed by atoms with Gasteiger partial charge >= 0.3 is 0 Å². The molecule has 0 unspecified atom stereocenters. The molecule has 0 aliphatic carbocycles. The number of nitrogens with two attached hydrogens (primary N) is 1. The van der Waals surface area contributed by atoms with Gasteiger partial charge in [-0.05, 0) is 30.2 Å². The number of carbonyl (C=O) groups excluding carboxylic acids is 1. The van der Waals surface area contributed by atoms with Gasteiger partial charge in [-0.25, -0.2) is 9.07 Å². The van der Waals surface area contributed by atoms with Crippen LogP contribution in [0.5, 0.6) is 0 Å². The monoisotopic (exact) mass is 369 g/mol. The highest BCUT2D eigenvalue weighted by atomic mass is 32.2. The summed E-state index contributed by atoms with van der Waals surface area (Å²) >= 11 is 1.22. The Balaban J connectivity index is 1.47. The van der Waals surface area contributed by atoms with Crippen LogP contribution in [0.2, 0.25) is 0 Å². The number of thioether (sulfide) groups is 1. The number of nitrogens with zero attached hydrogens (tertiary/aromatic N) is 4. The van der Waals surface area contributed by atoms with Gasteiger partial charge in [-0.3, -0.25) is 4.79 Å². The Bertz CT molecular complexity index is 974. The number of rotatable bonds is 4. The van der Waals surface area contributed by atoms with Gasteiger partial charge in [0.1, 0.15) is 5.82 Å². The molecule has 1 aromatic heterocycles. The summed E-state index contributed by atoms with van der Waals surface area (Å²) in [6.45, 7) is 0.683. The molecule has 2 heterocycles. The van der Waals surface area contributed by atoms with Crippen LogP contribution in [-0.2, 0) is 11.2 Å². The lowest BCUT2D eigenvalue weighted by atomic mass is 10.2. The first-order valence-electron chi connectivity index (χ1n) is 8.11. The second-order valence-corrected chi connectivity index (χ2v) is 6.84. The number of aromatic nitrogens is 3. The van der Waals surface area contributed by atoms with E-state index in [1.807, 2.05) is 24.3 Å². The zero-order chi connectivity index (χ0) is 18.1. The van der Waals surface area contributed by atoms with Crippen LogP contribution >= 0.6 is 11.8 Å². The normalized spacial score (nSPS) is 13.0. The lowest BCUT2D eigenvalue weighted by Crippen LogP contribution is -2.30. The van der Waals surface area contributed by atoms with Crippen LogP contribution in [0.25, 0.3) is 11.4 Å². The van der Waals surface area contributed by atoms with Crippen molar-refractivity contribution >= 4 is 23.4 Å². The van der Waals surface area contributed by atoms with Crippen LogP contribution in [0.3, 0.4) is 0 Å².